The second-order valence-electron chi connectivity index (χ2n) is 6.99. The van der Waals surface area contributed by atoms with Gasteiger partial charge < -0.3 is 16.1 Å². The van der Waals surface area contributed by atoms with Crippen LogP contribution in [0.1, 0.15) is 26.6 Å². The minimum Gasteiger partial charge on any atom is -0.336 e. The first-order chi connectivity index (χ1) is 12.6. The molecule has 0 unspecified atom stereocenters. The molecule has 2 aromatic rings. The Morgan fingerprint density at radius 1 is 1.30 bits per heavy atom. The van der Waals surface area contributed by atoms with Crippen molar-refractivity contribution in [1.82, 2.24) is 19.8 Å². The van der Waals surface area contributed by atoms with Crippen LogP contribution in [0.15, 0.2) is 29.4 Å². The van der Waals surface area contributed by atoms with Crippen LogP contribution in [-0.4, -0.2) is 50.9 Å². The second kappa shape index (κ2) is 8.62. The van der Waals surface area contributed by atoms with E-state index in [1.807, 2.05) is 20.8 Å². The zero-order chi connectivity index (χ0) is 20.2. The highest BCUT2D eigenvalue weighted by Gasteiger charge is 2.23. The first kappa shape index (κ1) is 21.0. The average molecular weight is 411 g/mol. The third-order valence-electron chi connectivity index (χ3n) is 3.61. The van der Waals surface area contributed by atoms with E-state index in [-0.39, 0.29) is 29.5 Å². The number of nitrogen functional groups attached to an aromatic ring is 1. The van der Waals surface area contributed by atoms with Crippen molar-refractivity contribution in [3.05, 3.63) is 35.1 Å². The molecular weight excluding hydrogens is 388 g/mol. The van der Waals surface area contributed by atoms with E-state index in [0.717, 1.165) is 0 Å². The Labute approximate surface area is 167 Å². The number of amides is 2. The minimum atomic E-state index is -0.332. The minimum absolute atomic E-state index is 0.0901. The van der Waals surface area contributed by atoms with Crippen molar-refractivity contribution in [2.75, 3.05) is 30.5 Å². The van der Waals surface area contributed by atoms with Crippen LogP contribution >= 0.6 is 23.4 Å². The van der Waals surface area contributed by atoms with Gasteiger partial charge in [0.05, 0.1) is 23.0 Å². The van der Waals surface area contributed by atoms with E-state index in [1.165, 1.54) is 21.3 Å². The van der Waals surface area contributed by atoms with Crippen molar-refractivity contribution in [2.24, 2.45) is 0 Å². The van der Waals surface area contributed by atoms with E-state index >= 15 is 0 Å². The van der Waals surface area contributed by atoms with E-state index in [4.69, 9.17) is 17.4 Å². The lowest BCUT2D eigenvalue weighted by Crippen LogP contribution is -2.36. The Balaban J connectivity index is 1.88. The standard InChI is InChI=1S/C17H23ClN6O2S/c1-17(2,3)15-21-22-16(24(15)19)27-10-14(26)23(4)9-13(25)20-12-8-6-5-7-11(12)18/h5-8H,9-10,19H2,1-4H3,(H,20,25). The summed E-state index contributed by atoms with van der Waals surface area (Å²) in [6, 6.07) is 6.91. The van der Waals surface area contributed by atoms with Gasteiger partial charge in [0.2, 0.25) is 17.0 Å². The van der Waals surface area contributed by atoms with E-state index in [2.05, 4.69) is 15.5 Å². The molecule has 0 saturated heterocycles. The molecule has 0 aliphatic rings. The molecule has 2 amide bonds. The lowest BCUT2D eigenvalue weighted by Gasteiger charge is -2.17. The third kappa shape index (κ3) is 5.61. The number of nitrogens with one attached hydrogen (secondary N) is 1. The Bertz CT molecular complexity index is 833. The van der Waals surface area contributed by atoms with Crippen LogP contribution in [0.25, 0.3) is 0 Å². The highest BCUT2D eigenvalue weighted by atomic mass is 35.5. The largest absolute Gasteiger partial charge is 0.336 e. The fourth-order valence-electron chi connectivity index (χ4n) is 2.18. The van der Waals surface area contributed by atoms with Gasteiger partial charge in [-0.15, -0.1) is 10.2 Å². The molecule has 2 rings (SSSR count). The van der Waals surface area contributed by atoms with Crippen molar-refractivity contribution in [3.63, 3.8) is 0 Å². The summed E-state index contributed by atoms with van der Waals surface area (Å²) in [4.78, 5) is 25.7. The second-order valence-corrected chi connectivity index (χ2v) is 8.34. The number of aromatic nitrogens is 3. The SMILES string of the molecule is CN(CC(=O)Nc1ccccc1Cl)C(=O)CSc1nnc(C(C)(C)C)n1N. The predicted molar refractivity (Wildman–Crippen MR) is 107 cm³/mol. The molecule has 10 heteroatoms. The Kier molecular flexibility index (Phi) is 6.72. The molecule has 0 aliphatic heterocycles. The molecule has 1 aromatic carbocycles. The van der Waals surface area contributed by atoms with Crippen molar-refractivity contribution in [3.8, 4) is 0 Å². The van der Waals surface area contributed by atoms with Crippen molar-refractivity contribution < 1.29 is 9.59 Å². The van der Waals surface area contributed by atoms with Crippen LogP contribution in [0.4, 0.5) is 5.69 Å². The summed E-state index contributed by atoms with van der Waals surface area (Å²) in [5, 5.41) is 11.7. The molecular formula is C17H23ClN6O2S. The Hall–Kier alpha value is -2.26. The summed E-state index contributed by atoms with van der Waals surface area (Å²) in [7, 11) is 1.56. The summed E-state index contributed by atoms with van der Waals surface area (Å²) < 4.78 is 1.39. The fourth-order valence-corrected chi connectivity index (χ4v) is 3.16. The number of hydrogen-bond donors (Lipinski definition) is 2. The van der Waals surface area contributed by atoms with Crippen LogP contribution in [0.3, 0.4) is 0 Å². The molecule has 1 aromatic heterocycles. The molecule has 8 nitrogen and oxygen atoms in total. The molecule has 0 radical (unpaired) electrons. The molecule has 0 fully saturated rings. The maximum absolute atomic E-state index is 12.3. The van der Waals surface area contributed by atoms with Gasteiger partial charge >= 0.3 is 0 Å². The number of carbonyl (C=O) groups excluding carboxylic acids is 2. The van der Waals surface area contributed by atoms with Crippen molar-refractivity contribution in [2.45, 2.75) is 31.3 Å². The average Bonchev–Trinajstić information content (AvgIpc) is 2.95. The zero-order valence-corrected chi connectivity index (χ0v) is 17.3. The first-order valence-electron chi connectivity index (χ1n) is 8.21. The van der Waals surface area contributed by atoms with Gasteiger partial charge in [0.15, 0.2) is 5.82 Å². The molecule has 0 atom stereocenters. The summed E-state index contributed by atoms with van der Waals surface area (Å²) in [5.41, 5.74) is 0.253. The molecule has 0 spiro atoms. The van der Waals surface area contributed by atoms with Crippen molar-refractivity contribution in [1.29, 1.82) is 0 Å². The van der Waals surface area contributed by atoms with E-state index in [0.29, 0.717) is 21.7 Å². The van der Waals surface area contributed by atoms with Gasteiger partial charge in [-0.05, 0) is 12.1 Å². The number of carbonyl (C=O) groups is 2. The van der Waals surface area contributed by atoms with Gasteiger partial charge in [0.1, 0.15) is 0 Å². The van der Waals surface area contributed by atoms with Gasteiger partial charge in [-0.1, -0.05) is 56.3 Å². The maximum atomic E-state index is 12.3. The maximum Gasteiger partial charge on any atom is 0.244 e. The number of hydrogen-bond acceptors (Lipinski definition) is 6. The molecule has 27 heavy (non-hydrogen) atoms. The number of rotatable bonds is 6. The Morgan fingerprint density at radius 3 is 2.56 bits per heavy atom. The quantitative estimate of drug-likeness (QED) is 0.558. The summed E-state index contributed by atoms with van der Waals surface area (Å²) in [6.45, 7) is 5.84. The van der Waals surface area contributed by atoms with Crippen LogP contribution in [0, 0.1) is 0 Å². The number of anilines is 1. The zero-order valence-electron chi connectivity index (χ0n) is 15.7. The highest BCUT2D eigenvalue weighted by Crippen LogP contribution is 2.23. The molecule has 0 bridgehead atoms. The molecule has 0 saturated carbocycles. The first-order valence-corrected chi connectivity index (χ1v) is 9.58. The normalized spacial score (nSPS) is 11.3. The van der Waals surface area contributed by atoms with E-state index in [1.54, 1.807) is 31.3 Å². The summed E-state index contributed by atoms with van der Waals surface area (Å²) in [5.74, 6) is 6.16. The van der Waals surface area contributed by atoms with Gasteiger partial charge in [-0.3, -0.25) is 9.59 Å². The van der Waals surface area contributed by atoms with Gasteiger partial charge in [-0.2, -0.15) is 0 Å². The van der Waals surface area contributed by atoms with Crippen LogP contribution in [0.2, 0.25) is 5.02 Å². The van der Waals surface area contributed by atoms with Crippen LogP contribution in [0.5, 0.6) is 0 Å². The topological polar surface area (TPSA) is 106 Å². The molecule has 146 valence electrons. The number of nitrogens with two attached hydrogens (primary N) is 1. The number of para-hydroxylation sites is 1. The monoisotopic (exact) mass is 410 g/mol. The number of thioether (sulfide) groups is 1. The number of halogens is 1. The lowest BCUT2D eigenvalue weighted by molar-refractivity contribution is -0.131. The number of benzene rings is 1. The highest BCUT2D eigenvalue weighted by molar-refractivity contribution is 7.99. The fraction of sp³-hybridized carbons (Fsp3) is 0.412. The number of nitrogens with zero attached hydrogens (tertiary/aromatic N) is 4. The molecule has 1 heterocycles. The summed E-state index contributed by atoms with van der Waals surface area (Å²) >= 11 is 7.18. The molecule has 0 aliphatic carbocycles. The van der Waals surface area contributed by atoms with Crippen molar-refractivity contribution >= 4 is 40.9 Å². The number of likely N-dealkylation sites (N-methyl/N-ethyl adjacent to an activating group) is 1. The van der Waals surface area contributed by atoms with Crippen LogP contribution in [-0.2, 0) is 15.0 Å². The molecule has 3 N–H and O–H groups in total. The van der Waals surface area contributed by atoms with Crippen LogP contribution < -0.4 is 11.2 Å². The van der Waals surface area contributed by atoms with E-state index in [9.17, 15) is 9.59 Å². The summed E-state index contributed by atoms with van der Waals surface area (Å²) in [6.07, 6.45) is 0. The Morgan fingerprint density at radius 2 is 1.96 bits per heavy atom. The smallest absolute Gasteiger partial charge is 0.244 e. The van der Waals surface area contributed by atoms with E-state index < -0.39 is 0 Å². The van der Waals surface area contributed by atoms with Gasteiger partial charge in [0.25, 0.3) is 0 Å². The lowest BCUT2D eigenvalue weighted by atomic mass is 9.96. The van der Waals surface area contributed by atoms with Gasteiger partial charge in [0, 0.05) is 12.5 Å². The van der Waals surface area contributed by atoms with Gasteiger partial charge in [-0.25, -0.2) is 4.68 Å². The predicted octanol–water partition coefficient (Wildman–Crippen LogP) is 2.13. The third-order valence-corrected chi connectivity index (χ3v) is 4.87.